The second-order valence-electron chi connectivity index (χ2n) is 6.73. The average molecular weight is 354 g/mol. The minimum atomic E-state index is -0.250. The Hall–Kier alpha value is -2.69. The number of carbonyl (C=O) groups excluding carboxylic acids is 2. The summed E-state index contributed by atoms with van der Waals surface area (Å²) in [5.41, 5.74) is 2.61. The number of nitrogens with one attached hydrogen (secondary N) is 1. The fourth-order valence-corrected chi connectivity index (χ4v) is 3.26. The predicted octanol–water partition coefficient (Wildman–Crippen LogP) is 4.30. The Labute approximate surface area is 153 Å². The Morgan fingerprint density at radius 1 is 1.15 bits per heavy atom. The minimum absolute atomic E-state index is 0.0505. The van der Waals surface area contributed by atoms with Crippen molar-refractivity contribution < 1.29 is 14.0 Å². The second kappa shape index (κ2) is 8.13. The van der Waals surface area contributed by atoms with Crippen molar-refractivity contribution in [2.24, 2.45) is 0 Å². The molecule has 1 atom stereocenters. The molecule has 136 valence electrons. The van der Waals surface area contributed by atoms with E-state index in [4.69, 9.17) is 0 Å². The van der Waals surface area contributed by atoms with Gasteiger partial charge in [0.15, 0.2) is 0 Å². The highest BCUT2D eigenvalue weighted by Gasteiger charge is 2.28. The van der Waals surface area contributed by atoms with E-state index in [-0.39, 0.29) is 23.7 Å². The van der Waals surface area contributed by atoms with Gasteiger partial charge in [-0.25, -0.2) is 4.39 Å². The maximum atomic E-state index is 12.9. The third kappa shape index (κ3) is 4.48. The SMILES string of the molecule is CC1CCC(=O)N1c1ccc(NC(=O)CCCc2ccc(F)cc2)cc1. The van der Waals surface area contributed by atoms with E-state index in [2.05, 4.69) is 5.32 Å². The van der Waals surface area contributed by atoms with Crippen LogP contribution < -0.4 is 10.2 Å². The molecule has 1 aliphatic rings. The van der Waals surface area contributed by atoms with Crippen LogP contribution in [0.2, 0.25) is 0 Å². The molecule has 1 unspecified atom stereocenters. The number of hydrogen-bond acceptors (Lipinski definition) is 2. The highest BCUT2D eigenvalue weighted by atomic mass is 19.1. The van der Waals surface area contributed by atoms with Crippen molar-refractivity contribution in [2.45, 2.75) is 45.1 Å². The maximum Gasteiger partial charge on any atom is 0.227 e. The minimum Gasteiger partial charge on any atom is -0.326 e. The Kier molecular flexibility index (Phi) is 5.66. The maximum absolute atomic E-state index is 12.9. The molecule has 1 saturated heterocycles. The van der Waals surface area contributed by atoms with Gasteiger partial charge >= 0.3 is 0 Å². The van der Waals surface area contributed by atoms with Gasteiger partial charge in [0.2, 0.25) is 11.8 Å². The van der Waals surface area contributed by atoms with Crippen molar-refractivity contribution in [1.82, 2.24) is 0 Å². The highest BCUT2D eigenvalue weighted by molar-refractivity contribution is 5.96. The van der Waals surface area contributed by atoms with Crippen LogP contribution in [0.3, 0.4) is 0 Å². The summed E-state index contributed by atoms with van der Waals surface area (Å²) in [6, 6.07) is 14.0. The van der Waals surface area contributed by atoms with Gasteiger partial charge in [-0.05, 0) is 68.1 Å². The summed E-state index contributed by atoms with van der Waals surface area (Å²) < 4.78 is 12.9. The van der Waals surface area contributed by atoms with E-state index >= 15 is 0 Å². The van der Waals surface area contributed by atoms with Gasteiger partial charge in [-0.1, -0.05) is 12.1 Å². The molecule has 1 fully saturated rings. The summed E-state index contributed by atoms with van der Waals surface area (Å²) in [5.74, 6) is -0.152. The molecule has 2 amide bonds. The molecule has 26 heavy (non-hydrogen) atoms. The van der Waals surface area contributed by atoms with E-state index in [1.807, 2.05) is 36.1 Å². The van der Waals surface area contributed by atoms with Crippen LogP contribution >= 0.6 is 0 Å². The molecular weight excluding hydrogens is 331 g/mol. The van der Waals surface area contributed by atoms with Crippen molar-refractivity contribution in [2.75, 3.05) is 10.2 Å². The van der Waals surface area contributed by atoms with Gasteiger partial charge in [0.25, 0.3) is 0 Å². The summed E-state index contributed by atoms with van der Waals surface area (Å²) >= 11 is 0. The van der Waals surface area contributed by atoms with E-state index in [9.17, 15) is 14.0 Å². The fourth-order valence-electron chi connectivity index (χ4n) is 3.26. The first-order valence-electron chi connectivity index (χ1n) is 8.99. The quantitative estimate of drug-likeness (QED) is 0.841. The lowest BCUT2D eigenvalue weighted by atomic mass is 10.1. The number of aryl methyl sites for hydroxylation is 1. The van der Waals surface area contributed by atoms with Crippen molar-refractivity contribution >= 4 is 23.2 Å². The molecule has 1 heterocycles. The number of carbonyl (C=O) groups is 2. The smallest absolute Gasteiger partial charge is 0.227 e. The van der Waals surface area contributed by atoms with E-state index in [1.165, 1.54) is 12.1 Å². The van der Waals surface area contributed by atoms with E-state index in [1.54, 1.807) is 12.1 Å². The van der Waals surface area contributed by atoms with Gasteiger partial charge in [0.05, 0.1) is 0 Å². The molecule has 0 saturated carbocycles. The first kappa shape index (κ1) is 18.1. The van der Waals surface area contributed by atoms with Gasteiger partial charge in [0, 0.05) is 30.3 Å². The largest absolute Gasteiger partial charge is 0.326 e. The summed E-state index contributed by atoms with van der Waals surface area (Å²) in [6.07, 6.45) is 3.32. The number of hydrogen-bond donors (Lipinski definition) is 1. The van der Waals surface area contributed by atoms with Gasteiger partial charge in [-0.3, -0.25) is 9.59 Å². The molecule has 5 heteroatoms. The standard InChI is InChI=1S/C21H23FN2O2/c1-15-5-14-21(26)24(15)19-12-10-18(11-13-19)23-20(25)4-2-3-16-6-8-17(22)9-7-16/h6-13,15H,2-5,14H2,1H3,(H,23,25). The zero-order valence-corrected chi connectivity index (χ0v) is 14.9. The third-order valence-electron chi connectivity index (χ3n) is 4.70. The van der Waals surface area contributed by atoms with Crippen molar-refractivity contribution in [3.05, 3.63) is 59.9 Å². The van der Waals surface area contributed by atoms with Crippen LogP contribution in [0.15, 0.2) is 48.5 Å². The normalized spacial score (nSPS) is 16.8. The molecule has 0 aliphatic carbocycles. The van der Waals surface area contributed by atoms with Gasteiger partial charge in [-0.2, -0.15) is 0 Å². The van der Waals surface area contributed by atoms with E-state index < -0.39 is 0 Å². The van der Waals surface area contributed by atoms with Crippen LogP contribution in [0.5, 0.6) is 0 Å². The Bertz CT molecular complexity index is 772. The van der Waals surface area contributed by atoms with Crippen LogP contribution in [0.1, 0.15) is 38.2 Å². The van der Waals surface area contributed by atoms with Crippen LogP contribution in [0.4, 0.5) is 15.8 Å². The van der Waals surface area contributed by atoms with Gasteiger partial charge in [-0.15, -0.1) is 0 Å². The molecule has 1 N–H and O–H groups in total. The lowest BCUT2D eigenvalue weighted by Gasteiger charge is -2.21. The predicted molar refractivity (Wildman–Crippen MR) is 101 cm³/mol. The average Bonchev–Trinajstić information content (AvgIpc) is 2.96. The third-order valence-corrected chi connectivity index (χ3v) is 4.70. The van der Waals surface area contributed by atoms with Crippen LogP contribution in [0, 0.1) is 5.82 Å². The highest BCUT2D eigenvalue weighted by Crippen LogP contribution is 2.27. The molecule has 0 bridgehead atoms. The number of rotatable bonds is 6. The number of amides is 2. The van der Waals surface area contributed by atoms with E-state index in [0.717, 1.165) is 29.8 Å². The molecule has 0 radical (unpaired) electrons. The molecule has 4 nitrogen and oxygen atoms in total. The Balaban J connectivity index is 1.48. The van der Waals surface area contributed by atoms with Crippen molar-refractivity contribution in [1.29, 1.82) is 0 Å². The molecular formula is C21H23FN2O2. The first-order valence-corrected chi connectivity index (χ1v) is 8.99. The Morgan fingerprint density at radius 2 is 1.85 bits per heavy atom. The molecule has 3 rings (SSSR count). The van der Waals surface area contributed by atoms with Crippen LogP contribution in [0.25, 0.3) is 0 Å². The summed E-state index contributed by atoms with van der Waals surface area (Å²) in [4.78, 5) is 25.8. The topological polar surface area (TPSA) is 49.4 Å². The van der Waals surface area contributed by atoms with Crippen LogP contribution in [-0.4, -0.2) is 17.9 Å². The lowest BCUT2D eigenvalue weighted by Crippen LogP contribution is -2.30. The Morgan fingerprint density at radius 3 is 2.46 bits per heavy atom. The molecule has 2 aromatic rings. The monoisotopic (exact) mass is 354 g/mol. The number of anilines is 2. The summed E-state index contributed by atoms with van der Waals surface area (Å²) in [6.45, 7) is 2.04. The molecule has 0 aromatic heterocycles. The van der Waals surface area contributed by atoms with Crippen molar-refractivity contribution in [3.8, 4) is 0 Å². The van der Waals surface area contributed by atoms with Gasteiger partial charge < -0.3 is 10.2 Å². The summed E-state index contributed by atoms with van der Waals surface area (Å²) in [5, 5.41) is 2.88. The fraction of sp³-hybridized carbons (Fsp3) is 0.333. The number of halogens is 1. The molecule has 1 aliphatic heterocycles. The summed E-state index contributed by atoms with van der Waals surface area (Å²) in [7, 11) is 0. The molecule has 0 spiro atoms. The zero-order valence-electron chi connectivity index (χ0n) is 14.9. The zero-order chi connectivity index (χ0) is 18.5. The van der Waals surface area contributed by atoms with Crippen molar-refractivity contribution in [3.63, 3.8) is 0 Å². The van der Waals surface area contributed by atoms with Gasteiger partial charge in [0.1, 0.15) is 5.82 Å². The second-order valence-corrected chi connectivity index (χ2v) is 6.73. The lowest BCUT2D eigenvalue weighted by molar-refractivity contribution is -0.117. The van der Waals surface area contributed by atoms with Crippen LogP contribution in [-0.2, 0) is 16.0 Å². The number of nitrogens with zero attached hydrogens (tertiary/aromatic N) is 1. The molecule has 2 aromatic carbocycles. The number of benzene rings is 2. The first-order chi connectivity index (χ1) is 12.5. The van der Waals surface area contributed by atoms with E-state index in [0.29, 0.717) is 19.3 Å².